The molecule has 1 atom stereocenters. The average molecular weight is 196 g/mol. The van der Waals surface area contributed by atoms with Gasteiger partial charge in [-0.05, 0) is 11.6 Å². The largest absolute Gasteiger partial charge is 0.481 e. The molecule has 5 heteroatoms. The maximum absolute atomic E-state index is 11.1. The molecule has 1 aromatic heterocycles. The van der Waals surface area contributed by atoms with Crippen molar-refractivity contribution >= 4 is 5.97 Å². The Kier molecular flexibility index (Phi) is 3.41. The number of carbonyl (C=O) groups is 1. The quantitative estimate of drug-likeness (QED) is 0.702. The highest BCUT2D eigenvalue weighted by molar-refractivity contribution is 5.77. The number of methoxy groups -OCH3 is 2. The first-order valence-corrected chi connectivity index (χ1v) is 4.02. The molecule has 14 heavy (non-hydrogen) atoms. The van der Waals surface area contributed by atoms with Crippen LogP contribution in [0, 0.1) is 0 Å². The summed E-state index contributed by atoms with van der Waals surface area (Å²) in [7, 11) is 2.79. The summed E-state index contributed by atoms with van der Waals surface area (Å²) in [4.78, 5) is 15.0. The fourth-order valence-corrected chi connectivity index (χ4v) is 0.993. The molecule has 0 fully saturated rings. The van der Waals surface area contributed by atoms with E-state index in [1.807, 2.05) is 0 Å². The number of rotatable bonds is 3. The summed E-state index contributed by atoms with van der Waals surface area (Å²) in [6.45, 7) is 0. The summed E-state index contributed by atoms with van der Waals surface area (Å²) >= 11 is 0. The maximum Gasteiger partial charge on any atom is 0.327 e. The Morgan fingerprint density at radius 1 is 1.57 bits per heavy atom. The molecule has 0 saturated carbocycles. The first-order chi connectivity index (χ1) is 6.69. The second-order valence-corrected chi connectivity index (χ2v) is 2.63. The highest BCUT2D eigenvalue weighted by Crippen LogP contribution is 2.15. The molecule has 1 unspecified atom stereocenters. The van der Waals surface area contributed by atoms with Crippen LogP contribution in [0.15, 0.2) is 18.3 Å². The molecule has 0 spiro atoms. The van der Waals surface area contributed by atoms with Crippen LogP contribution >= 0.6 is 0 Å². The van der Waals surface area contributed by atoms with Crippen LogP contribution in [-0.4, -0.2) is 25.2 Å². The van der Waals surface area contributed by atoms with Crippen molar-refractivity contribution in [2.75, 3.05) is 14.2 Å². The van der Waals surface area contributed by atoms with E-state index in [4.69, 9.17) is 10.5 Å². The minimum Gasteiger partial charge on any atom is -0.481 e. The molecule has 0 aromatic carbocycles. The minimum absolute atomic E-state index is 0.418. The Hall–Kier alpha value is -1.62. The van der Waals surface area contributed by atoms with Crippen LogP contribution in [0.4, 0.5) is 0 Å². The van der Waals surface area contributed by atoms with Gasteiger partial charge >= 0.3 is 5.97 Å². The number of carbonyl (C=O) groups excluding carboxylic acids is 1. The van der Waals surface area contributed by atoms with Crippen molar-refractivity contribution in [1.29, 1.82) is 0 Å². The highest BCUT2D eigenvalue weighted by Gasteiger charge is 2.16. The number of pyridine rings is 1. The fourth-order valence-electron chi connectivity index (χ4n) is 0.993. The first kappa shape index (κ1) is 10.5. The second-order valence-electron chi connectivity index (χ2n) is 2.63. The van der Waals surface area contributed by atoms with Crippen LogP contribution < -0.4 is 10.5 Å². The maximum atomic E-state index is 11.1. The smallest absolute Gasteiger partial charge is 0.327 e. The predicted octanol–water partition coefficient (Wildman–Crippen LogP) is 0.263. The van der Waals surface area contributed by atoms with Gasteiger partial charge in [-0.3, -0.25) is 4.79 Å². The van der Waals surface area contributed by atoms with E-state index in [-0.39, 0.29) is 0 Å². The van der Waals surface area contributed by atoms with E-state index >= 15 is 0 Å². The summed E-state index contributed by atoms with van der Waals surface area (Å²) in [6.07, 6.45) is 1.52. The molecular formula is C9H12N2O3. The molecule has 1 rings (SSSR count). The topological polar surface area (TPSA) is 74.4 Å². The summed E-state index contributed by atoms with van der Waals surface area (Å²) < 4.78 is 9.41. The van der Waals surface area contributed by atoms with E-state index in [0.29, 0.717) is 11.4 Å². The Balaban J connectivity index is 2.89. The molecule has 0 aliphatic rings. The van der Waals surface area contributed by atoms with Crippen molar-refractivity contribution in [3.63, 3.8) is 0 Å². The van der Waals surface area contributed by atoms with Crippen molar-refractivity contribution in [3.8, 4) is 5.88 Å². The van der Waals surface area contributed by atoms with Gasteiger partial charge < -0.3 is 15.2 Å². The number of esters is 1. The van der Waals surface area contributed by atoms with Gasteiger partial charge in [-0.1, -0.05) is 0 Å². The molecule has 1 aromatic rings. The van der Waals surface area contributed by atoms with Gasteiger partial charge in [0.05, 0.1) is 14.2 Å². The summed E-state index contributed by atoms with van der Waals surface area (Å²) in [6, 6.07) is 2.45. The molecule has 76 valence electrons. The van der Waals surface area contributed by atoms with Gasteiger partial charge in [0, 0.05) is 12.3 Å². The van der Waals surface area contributed by atoms with E-state index in [1.165, 1.54) is 20.4 Å². The molecule has 5 nitrogen and oxygen atoms in total. The van der Waals surface area contributed by atoms with Crippen molar-refractivity contribution in [3.05, 3.63) is 23.9 Å². The molecule has 0 aliphatic carbocycles. The van der Waals surface area contributed by atoms with Crippen LogP contribution in [0.2, 0.25) is 0 Å². The monoisotopic (exact) mass is 196 g/mol. The average Bonchev–Trinajstić information content (AvgIpc) is 2.27. The minimum atomic E-state index is -0.795. The van der Waals surface area contributed by atoms with E-state index in [2.05, 4.69) is 9.72 Å². The third-order valence-electron chi connectivity index (χ3n) is 1.78. The lowest BCUT2D eigenvalue weighted by Crippen LogP contribution is -2.22. The van der Waals surface area contributed by atoms with E-state index in [1.54, 1.807) is 12.1 Å². The van der Waals surface area contributed by atoms with Crippen LogP contribution in [0.3, 0.4) is 0 Å². The summed E-state index contributed by atoms with van der Waals surface area (Å²) in [5.41, 5.74) is 6.23. The van der Waals surface area contributed by atoms with Gasteiger partial charge in [-0.25, -0.2) is 4.98 Å². The zero-order chi connectivity index (χ0) is 10.6. The van der Waals surface area contributed by atoms with Crippen molar-refractivity contribution in [2.24, 2.45) is 5.73 Å². The number of hydrogen-bond donors (Lipinski definition) is 1. The van der Waals surface area contributed by atoms with Crippen molar-refractivity contribution in [1.82, 2.24) is 4.98 Å². The zero-order valence-electron chi connectivity index (χ0n) is 8.06. The lowest BCUT2D eigenvalue weighted by atomic mass is 10.1. The Morgan fingerprint density at radius 2 is 2.29 bits per heavy atom. The Morgan fingerprint density at radius 3 is 2.86 bits per heavy atom. The van der Waals surface area contributed by atoms with Gasteiger partial charge in [-0.2, -0.15) is 0 Å². The van der Waals surface area contributed by atoms with E-state index in [9.17, 15) is 4.79 Å². The Labute approximate surface area is 81.8 Å². The molecule has 0 saturated heterocycles. The van der Waals surface area contributed by atoms with Gasteiger partial charge in [0.15, 0.2) is 0 Å². The lowest BCUT2D eigenvalue weighted by Gasteiger charge is -2.09. The normalized spacial score (nSPS) is 11.9. The van der Waals surface area contributed by atoms with Crippen LogP contribution in [0.5, 0.6) is 5.88 Å². The van der Waals surface area contributed by atoms with Gasteiger partial charge in [0.2, 0.25) is 5.88 Å². The van der Waals surface area contributed by atoms with Gasteiger partial charge in [0.25, 0.3) is 0 Å². The number of ether oxygens (including phenoxy) is 2. The number of nitrogens with zero attached hydrogens (tertiary/aromatic N) is 1. The Bertz CT molecular complexity index is 328. The number of nitrogens with two attached hydrogens (primary N) is 1. The second kappa shape index (κ2) is 4.57. The predicted molar refractivity (Wildman–Crippen MR) is 49.7 cm³/mol. The number of aromatic nitrogens is 1. The van der Waals surface area contributed by atoms with Crippen LogP contribution in [-0.2, 0) is 9.53 Å². The third-order valence-corrected chi connectivity index (χ3v) is 1.78. The first-order valence-electron chi connectivity index (χ1n) is 4.02. The molecule has 2 N–H and O–H groups in total. The molecule has 0 bridgehead atoms. The highest BCUT2D eigenvalue weighted by atomic mass is 16.5. The molecule has 0 radical (unpaired) electrons. The van der Waals surface area contributed by atoms with Gasteiger partial charge in [-0.15, -0.1) is 0 Å². The third kappa shape index (κ3) is 2.20. The molecular weight excluding hydrogens is 184 g/mol. The molecule has 0 amide bonds. The standard InChI is InChI=1S/C9H12N2O3/c1-13-7-5-6(3-4-11-7)8(10)9(12)14-2/h3-5,8H,10H2,1-2H3. The summed E-state index contributed by atoms with van der Waals surface area (Å²) in [5, 5.41) is 0. The van der Waals surface area contributed by atoms with Crippen LogP contribution in [0.25, 0.3) is 0 Å². The van der Waals surface area contributed by atoms with Crippen molar-refractivity contribution in [2.45, 2.75) is 6.04 Å². The fraction of sp³-hybridized carbons (Fsp3) is 0.333. The van der Waals surface area contributed by atoms with Crippen LogP contribution in [0.1, 0.15) is 11.6 Å². The zero-order valence-corrected chi connectivity index (χ0v) is 8.06. The van der Waals surface area contributed by atoms with Crippen molar-refractivity contribution < 1.29 is 14.3 Å². The van der Waals surface area contributed by atoms with E-state index < -0.39 is 12.0 Å². The SMILES string of the molecule is COC(=O)C(N)c1ccnc(OC)c1. The molecule has 0 aliphatic heterocycles. The summed E-state index contributed by atoms with van der Waals surface area (Å²) in [5.74, 6) is -0.0693. The van der Waals surface area contributed by atoms with E-state index in [0.717, 1.165) is 0 Å². The lowest BCUT2D eigenvalue weighted by molar-refractivity contribution is -0.142. The number of hydrogen-bond acceptors (Lipinski definition) is 5. The molecule has 1 heterocycles. The van der Waals surface area contributed by atoms with Gasteiger partial charge in [0.1, 0.15) is 6.04 Å².